The molecular formula is C21H25N2O5P. The van der Waals surface area contributed by atoms with Crippen LogP contribution in [0.25, 0.3) is 26.8 Å². The van der Waals surface area contributed by atoms with E-state index in [9.17, 15) is 4.79 Å². The minimum absolute atomic E-state index is 0.238. The predicted molar refractivity (Wildman–Crippen MR) is 113 cm³/mol. The zero-order valence-corrected chi connectivity index (χ0v) is 17.9. The van der Waals surface area contributed by atoms with E-state index in [2.05, 4.69) is 37.2 Å². The first-order chi connectivity index (χ1) is 13.9. The van der Waals surface area contributed by atoms with Gasteiger partial charge in [-0.25, -0.2) is 16.0 Å². The van der Waals surface area contributed by atoms with Crippen molar-refractivity contribution in [1.82, 2.24) is 4.67 Å². The van der Waals surface area contributed by atoms with E-state index in [1.165, 1.54) is 6.07 Å². The van der Waals surface area contributed by atoms with E-state index >= 15 is 0 Å². The molecule has 0 radical (unpaired) electrons. The zero-order valence-electron chi connectivity index (χ0n) is 17.0. The lowest BCUT2D eigenvalue weighted by atomic mass is 10.1. The van der Waals surface area contributed by atoms with Crippen LogP contribution in [0.4, 0.5) is 0 Å². The number of hydrogen-bond acceptors (Lipinski definition) is 6. The van der Waals surface area contributed by atoms with E-state index in [0.29, 0.717) is 30.9 Å². The van der Waals surface area contributed by atoms with Crippen molar-refractivity contribution in [2.45, 2.75) is 46.4 Å². The largest absolute Gasteiger partial charge is 0.464 e. The van der Waals surface area contributed by atoms with E-state index in [-0.39, 0.29) is 12.1 Å². The van der Waals surface area contributed by atoms with Gasteiger partial charge in [0.05, 0.1) is 12.9 Å². The molecule has 29 heavy (non-hydrogen) atoms. The summed E-state index contributed by atoms with van der Waals surface area (Å²) >= 11 is 0. The van der Waals surface area contributed by atoms with Crippen molar-refractivity contribution in [2.75, 3.05) is 13.2 Å². The van der Waals surface area contributed by atoms with Crippen LogP contribution in [0, 0.1) is 6.57 Å². The number of benzene rings is 1. The van der Waals surface area contributed by atoms with Crippen molar-refractivity contribution in [3.05, 3.63) is 57.9 Å². The van der Waals surface area contributed by atoms with Crippen LogP contribution >= 0.6 is 8.53 Å². The van der Waals surface area contributed by atoms with Crippen molar-refractivity contribution in [2.24, 2.45) is 0 Å². The molecule has 1 unspecified atom stereocenters. The molecule has 0 aliphatic heterocycles. The molecule has 0 saturated heterocycles. The van der Waals surface area contributed by atoms with E-state index in [1.807, 2.05) is 6.07 Å². The first-order valence-electron chi connectivity index (χ1n) is 9.52. The van der Waals surface area contributed by atoms with E-state index < -0.39 is 14.2 Å². The number of fused-ring (bicyclic) bond motifs is 2. The fourth-order valence-electron chi connectivity index (χ4n) is 3.19. The Morgan fingerprint density at radius 2 is 1.90 bits per heavy atom. The summed E-state index contributed by atoms with van der Waals surface area (Å²) in [5, 5.41) is 1.73. The Balaban J connectivity index is 1.84. The van der Waals surface area contributed by atoms with Gasteiger partial charge in [0.1, 0.15) is 17.8 Å². The van der Waals surface area contributed by atoms with Crippen LogP contribution in [-0.2, 0) is 15.7 Å². The maximum Gasteiger partial charge on any atom is 0.336 e. The summed E-state index contributed by atoms with van der Waals surface area (Å²) < 4.78 is 25.2. The van der Waals surface area contributed by atoms with E-state index in [1.54, 1.807) is 18.4 Å². The topological polar surface area (TPSA) is 69.4 Å². The van der Waals surface area contributed by atoms with Gasteiger partial charge in [-0.15, -0.1) is 0 Å². The molecule has 0 fully saturated rings. The molecule has 0 aliphatic rings. The number of rotatable bonds is 9. The van der Waals surface area contributed by atoms with Gasteiger partial charge >= 0.3 is 5.63 Å². The van der Waals surface area contributed by atoms with Gasteiger partial charge in [-0.1, -0.05) is 0 Å². The Morgan fingerprint density at radius 3 is 2.59 bits per heavy atom. The second kappa shape index (κ2) is 9.51. The smallest absolute Gasteiger partial charge is 0.336 e. The van der Waals surface area contributed by atoms with E-state index in [4.69, 9.17) is 24.5 Å². The minimum Gasteiger partial charge on any atom is -0.464 e. The highest BCUT2D eigenvalue weighted by molar-refractivity contribution is 7.44. The standard InChI is InChI=1S/C21H25N2O5P/c1-14(2)23(15(3)4)29(26-9-8-22-5)27-13-17-12-25-20-11-19-16(10-18(17)20)6-7-21(24)28-19/h6-7,10-12,14-15H,8-9,13H2,1-4H3. The van der Waals surface area contributed by atoms with Gasteiger partial charge in [-0.2, -0.15) is 0 Å². The lowest BCUT2D eigenvalue weighted by Crippen LogP contribution is -2.33. The monoisotopic (exact) mass is 416 g/mol. The van der Waals surface area contributed by atoms with Crippen LogP contribution in [0.2, 0.25) is 0 Å². The minimum atomic E-state index is -1.33. The molecule has 2 heterocycles. The normalized spacial score (nSPS) is 13.0. The number of hydrogen-bond donors (Lipinski definition) is 0. The van der Waals surface area contributed by atoms with Crippen LogP contribution in [0.1, 0.15) is 33.3 Å². The molecule has 0 spiro atoms. The Labute approximate surface area is 171 Å². The van der Waals surface area contributed by atoms with Gasteiger partial charge in [-0.05, 0) is 39.8 Å². The quantitative estimate of drug-likeness (QED) is 0.203. The van der Waals surface area contributed by atoms with Crippen molar-refractivity contribution in [3.63, 3.8) is 0 Å². The summed E-state index contributed by atoms with van der Waals surface area (Å²) in [6.07, 6.45) is 1.66. The molecule has 0 bridgehead atoms. The fourth-order valence-corrected chi connectivity index (χ4v) is 4.77. The molecule has 1 aromatic carbocycles. The first-order valence-corrected chi connectivity index (χ1v) is 10.6. The fraction of sp³-hybridized carbons (Fsp3) is 0.429. The van der Waals surface area contributed by atoms with Crippen molar-refractivity contribution in [1.29, 1.82) is 0 Å². The van der Waals surface area contributed by atoms with E-state index in [0.717, 1.165) is 16.3 Å². The lowest BCUT2D eigenvalue weighted by Gasteiger charge is -2.35. The molecule has 0 amide bonds. The molecule has 0 aliphatic carbocycles. The highest BCUT2D eigenvalue weighted by Crippen LogP contribution is 2.47. The van der Waals surface area contributed by atoms with Gasteiger partial charge in [0.15, 0.2) is 0 Å². The number of nitrogens with zero attached hydrogens (tertiary/aromatic N) is 2. The number of furan rings is 1. The van der Waals surface area contributed by atoms with Gasteiger partial charge in [0, 0.05) is 40.6 Å². The average molecular weight is 416 g/mol. The highest BCUT2D eigenvalue weighted by atomic mass is 31.2. The molecule has 3 aromatic rings. The molecule has 0 N–H and O–H groups in total. The van der Waals surface area contributed by atoms with Crippen LogP contribution in [-0.4, -0.2) is 29.9 Å². The van der Waals surface area contributed by atoms with Crippen LogP contribution in [0.5, 0.6) is 0 Å². The highest BCUT2D eigenvalue weighted by Gasteiger charge is 2.27. The van der Waals surface area contributed by atoms with Gasteiger partial charge in [0.2, 0.25) is 6.54 Å². The second-order valence-electron chi connectivity index (χ2n) is 7.20. The molecule has 1 atom stereocenters. The zero-order chi connectivity index (χ0) is 21.0. The molecule has 2 aromatic heterocycles. The Hall–Kier alpha value is -2.23. The molecule has 154 valence electrons. The van der Waals surface area contributed by atoms with Gasteiger partial charge in [0.25, 0.3) is 8.53 Å². The summed E-state index contributed by atoms with van der Waals surface area (Å²) in [5.41, 5.74) is 1.62. The lowest BCUT2D eigenvalue weighted by molar-refractivity contribution is 0.173. The molecule has 3 rings (SSSR count). The molecule has 8 heteroatoms. The van der Waals surface area contributed by atoms with Crippen LogP contribution < -0.4 is 5.63 Å². The summed E-state index contributed by atoms with van der Waals surface area (Å²) in [5.74, 6) is 0. The first kappa shape index (κ1) is 21.5. The van der Waals surface area contributed by atoms with Crippen LogP contribution in [0.3, 0.4) is 0 Å². The van der Waals surface area contributed by atoms with Crippen molar-refractivity contribution >= 4 is 30.5 Å². The van der Waals surface area contributed by atoms with Gasteiger partial charge in [-0.3, -0.25) is 0 Å². The summed E-state index contributed by atoms with van der Waals surface area (Å²) in [6, 6.07) is 7.26. The molecular weight excluding hydrogens is 391 g/mol. The summed E-state index contributed by atoms with van der Waals surface area (Å²) in [7, 11) is -1.33. The Kier molecular flexibility index (Phi) is 7.05. The van der Waals surface area contributed by atoms with Crippen molar-refractivity contribution < 1.29 is 17.9 Å². The van der Waals surface area contributed by atoms with Crippen molar-refractivity contribution in [3.8, 4) is 0 Å². The summed E-state index contributed by atoms with van der Waals surface area (Å²) in [6.45, 7) is 16.3. The van der Waals surface area contributed by atoms with Gasteiger partial charge < -0.3 is 22.7 Å². The molecule has 7 nitrogen and oxygen atoms in total. The Morgan fingerprint density at radius 1 is 1.14 bits per heavy atom. The third-order valence-corrected chi connectivity index (χ3v) is 6.43. The maximum absolute atomic E-state index is 11.4. The second-order valence-corrected chi connectivity index (χ2v) is 8.65. The average Bonchev–Trinajstić information content (AvgIpc) is 3.05. The maximum atomic E-state index is 11.4. The Bertz CT molecular complexity index is 1060. The molecule has 0 saturated carbocycles. The predicted octanol–water partition coefficient (Wildman–Crippen LogP) is 5.34. The SMILES string of the molecule is [C-]#[N+]CCOP(OCc1coc2cc3oc(=O)ccc3cc12)N(C(C)C)C(C)C. The third-order valence-electron chi connectivity index (χ3n) is 4.38. The van der Waals surface area contributed by atoms with Crippen LogP contribution in [0.15, 0.2) is 44.2 Å². The third kappa shape index (κ3) is 5.04. The summed E-state index contributed by atoms with van der Waals surface area (Å²) in [4.78, 5) is 14.8.